The molecule has 0 radical (unpaired) electrons. The number of anilines is 1. The summed E-state index contributed by atoms with van der Waals surface area (Å²) < 4.78 is 11.2. The second-order valence-electron chi connectivity index (χ2n) is 8.24. The first-order valence-corrected chi connectivity index (χ1v) is 10.4. The third-order valence-corrected chi connectivity index (χ3v) is 6.67. The van der Waals surface area contributed by atoms with Gasteiger partial charge in [0, 0.05) is 31.4 Å². The van der Waals surface area contributed by atoms with Gasteiger partial charge in [0.25, 0.3) is 0 Å². The van der Waals surface area contributed by atoms with Crippen LogP contribution in [0.3, 0.4) is 0 Å². The Hall–Kier alpha value is -1.99. The van der Waals surface area contributed by atoms with Gasteiger partial charge in [0.2, 0.25) is 11.8 Å². The number of hydrogen-bond acceptors (Lipinski definition) is 5. The molecule has 0 bridgehead atoms. The maximum absolute atomic E-state index is 13.1. The van der Waals surface area contributed by atoms with Crippen molar-refractivity contribution in [2.75, 3.05) is 50.8 Å². The first-order chi connectivity index (χ1) is 13.7. The van der Waals surface area contributed by atoms with Crippen LogP contribution in [0, 0.1) is 17.8 Å². The number of carbonyl (C=O) groups excluding carboxylic acids is 2. The molecule has 1 aromatic carbocycles. The molecule has 2 amide bonds. The summed E-state index contributed by atoms with van der Waals surface area (Å²) in [6, 6.07) is 5.56. The van der Waals surface area contributed by atoms with Crippen LogP contribution in [0.2, 0.25) is 0 Å². The van der Waals surface area contributed by atoms with Gasteiger partial charge < -0.3 is 24.6 Å². The molecule has 4 heterocycles. The Kier molecular flexibility index (Phi) is 5.88. The number of hydrogen-bond donors (Lipinski definition) is 1. The molecule has 0 aromatic heterocycles. The maximum atomic E-state index is 13.1. The third kappa shape index (κ3) is 3.78. The number of nitrogens with one attached hydrogen (secondary N) is 1. The molecular weight excluding hydrogens is 394 g/mol. The fourth-order valence-electron chi connectivity index (χ4n) is 5.02. The van der Waals surface area contributed by atoms with Crippen LogP contribution in [-0.2, 0) is 9.59 Å². The summed E-state index contributed by atoms with van der Waals surface area (Å²) >= 11 is 0. The van der Waals surface area contributed by atoms with E-state index in [1.165, 1.54) is 0 Å². The molecule has 0 aliphatic carbocycles. The van der Waals surface area contributed by atoms with Crippen LogP contribution in [0.25, 0.3) is 0 Å². The molecule has 3 fully saturated rings. The lowest BCUT2D eigenvalue weighted by atomic mass is 9.92. The Labute approximate surface area is 177 Å². The normalized spacial score (nSPS) is 28.6. The van der Waals surface area contributed by atoms with Gasteiger partial charge in [0.15, 0.2) is 11.5 Å². The zero-order valence-corrected chi connectivity index (χ0v) is 17.3. The fourth-order valence-corrected chi connectivity index (χ4v) is 5.02. The van der Waals surface area contributed by atoms with Gasteiger partial charge in [-0.2, -0.15) is 0 Å². The van der Waals surface area contributed by atoms with Gasteiger partial charge in [-0.15, -0.1) is 12.4 Å². The van der Waals surface area contributed by atoms with E-state index in [9.17, 15) is 9.59 Å². The number of benzene rings is 1. The first kappa shape index (κ1) is 20.3. The largest absolute Gasteiger partial charge is 0.486 e. The molecule has 7 nitrogen and oxygen atoms in total. The molecule has 0 spiro atoms. The van der Waals surface area contributed by atoms with Gasteiger partial charge in [-0.3, -0.25) is 9.59 Å². The minimum absolute atomic E-state index is 0. The molecule has 5 rings (SSSR count). The van der Waals surface area contributed by atoms with Crippen molar-refractivity contribution < 1.29 is 19.1 Å². The average Bonchev–Trinajstić information content (AvgIpc) is 3.28. The van der Waals surface area contributed by atoms with Gasteiger partial charge >= 0.3 is 0 Å². The number of rotatable bonds is 2. The second-order valence-corrected chi connectivity index (χ2v) is 8.24. The standard InChI is InChI=1S/C21H27N3O4.ClH/c25-20(23-6-3-14-12-22-13-15(14)4-7-23)17-5-8-24(21(17)26)16-1-2-18-19(11-16)28-10-9-27-18;/h1-2,11,14-15,17,22H,3-10,12-13H2;1H/t14-,15+,17?;. The third-order valence-electron chi connectivity index (χ3n) is 6.67. The van der Waals surface area contributed by atoms with Crippen LogP contribution < -0.4 is 19.7 Å². The number of ether oxygens (including phenoxy) is 2. The predicted molar refractivity (Wildman–Crippen MR) is 111 cm³/mol. The topological polar surface area (TPSA) is 71.1 Å². The summed E-state index contributed by atoms with van der Waals surface area (Å²) in [5, 5.41) is 3.46. The van der Waals surface area contributed by atoms with E-state index in [0.29, 0.717) is 49.5 Å². The van der Waals surface area contributed by atoms with E-state index < -0.39 is 5.92 Å². The first-order valence-electron chi connectivity index (χ1n) is 10.4. The Bertz CT molecular complexity index is 775. The summed E-state index contributed by atoms with van der Waals surface area (Å²) in [5.41, 5.74) is 0.779. The zero-order chi connectivity index (χ0) is 19.1. The second kappa shape index (κ2) is 8.40. The van der Waals surface area contributed by atoms with E-state index in [4.69, 9.17) is 9.47 Å². The van der Waals surface area contributed by atoms with E-state index in [1.54, 1.807) is 4.90 Å². The smallest absolute Gasteiger partial charge is 0.239 e. The molecule has 8 heteroatoms. The van der Waals surface area contributed by atoms with Gasteiger partial charge in [0.1, 0.15) is 19.1 Å². The van der Waals surface area contributed by atoms with Crippen molar-refractivity contribution in [3.63, 3.8) is 0 Å². The highest BCUT2D eigenvalue weighted by molar-refractivity contribution is 6.09. The van der Waals surface area contributed by atoms with Crippen molar-refractivity contribution in [3.05, 3.63) is 18.2 Å². The Morgan fingerprint density at radius 1 is 0.966 bits per heavy atom. The molecule has 1 aromatic rings. The van der Waals surface area contributed by atoms with Crippen LogP contribution in [0.4, 0.5) is 5.69 Å². The number of nitrogens with zero attached hydrogens (tertiary/aromatic N) is 2. The molecular formula is C21H28ClN3O4. The zero-order valence-electron chi connectivity index (χ0n) is 16.5. The van der Waals surface area contributed by atoms with Crippen molar-refractivity contribution >= 4 is 29.9 Å². The van der Waals surface area contributed by atoms with Gasteiger partial charge in [0.05, 0.1) is 0 Å². The Balaban J connectivity index is 0.00000205. The van der Waals surface area contributed by atoms with Crippen molar-refractivity contribution in [1.29, 1.82) is 0 Å². The Morgan fingerprint density at radius 3 is 2.38 bits per heavy atom. The molecule has 158 valence electrons. The summed E-state index contributed by atoms with van der Waals surface area (Å²) in [5.74, 6) is 2.09. The summed E-state index contributed by atoms with van der Waals surface area (Å²) in [4.78, 5) is 29.8. The quantitative estimate of drug-likeness (QED) is 0.736. The molecule has 4 aliphatic rings. The molecule has 0 saturated carbocycles. The molecule has 4 aliphatic heterocycles. The lowest BCUT2D eigenvalue weighted by Gasteiger charge is -2.25. The number of carbonyl (C=O) groups is 2. The van der Waals surface area contributed by atoms with E-state index in [-0.39, 0.29) is 24.2 Å². The monoisotopic (exact) mass is 421 g/mol. The van der Waals surface area contributed by atoms with Crippen molar-refractivity contribution in [3.8, 4) is 11.5 Å². The number of halogens is 1. The van der Waals surface area contributed by atoms with Gasteiger partial charge in [-0.05, 0) is 56.3 Å². The van der Waals surface area contributed by atoms with Crippen LogP contribution in [-0.4, -0.2) is 62.7 Å². The molecule has 1 unspecified atom stereocenters. The van der Waals surface area contributed by atoms with Crippen molar-refractivity contribution in [2.45, 2.75) is 19.3 Å². The van der Waals surface area contributed by atoms with E-state index >= 15 is 0 Å². The van der Waals surface area contributed by atoms with Crippen LogP contribution in [0.15, 0.2) is 18.2 Å². The van der Waals surface area contributed by atoms with Crippen molar-refractivity contribution in [1.82, 2.24) is 10.2 Å². The SMILES string of the molecule is Cl.O=C(C1CCN(c2ccc3c(c2)OCCO3)C1=O)N1CC[C@@H]2CNC[C@@H]2CC1. The van der Waals surface area contributed by atoms with Gasteiger partial charge in [-0.25, -0.2) is 0 Å². The summed E-state index contributed by atoms with van der Waals surface area (Å²) in [6.45, 7) is 5.29. The van der Waals surface area contributed by atoms with Crippen molar-refractivity contribution in [2.24, 2.45) is 17.8 Å². The fraction of sp³-hybridized carbons (Fsp3) is 0.619. The molecule has 29 heavy (non-hydrogen) atoms. The average molecular weight is 422 g/mol. The van der Waals surface area contributed by atoms with E-state index in [0.717, 1.165) is 44.7 Å². The number of amides is 2. The Morgan fingerprint density at radius 2 is 1.66 bits per heavy atom. The van der Waals surface area contributed by atoms with E-state index in [1.807, 2.05) is 23.1 Å². The predicted octanol–water partition coefficient (Wildman–Crippen LogP) is 1.69. The highest BCUT2D eigenvalue weighted by Crippen LogP contribution is 2.36. The van der Waals surface area contributed by atoms with Crippen LogP contribution in [0.5, 0.6) is 11.5 Å². The maximum Gasteiger partial charge on any atom is 0.239 e. The highest BCUT2D eigenvalue weighted by Gasteiger charge is 2.41. The van der Waals surface area contributed by atoms with E-state index in [2.05, 4.69) is 5.32 Å². The minimum atomic E-state index is -0.552. The number of fused-ring (bicyclic) bond motifs is 2. The lowest BCUT2D eigenvalue weighted by Crippen LogP contribution is -2.41. The van der Waals surface area contributed by atoms with Gasteiger partial charge in [-0.1, -0.05) is 0 Å². The molecule has 3 atom stereocenters. The minimum Gasteiger partial charge on any atom is -0.486 e. The highest BCUT2D eigenvalue weighted by atomic mass is 35.5. The van der Waals surface area contributed by atoms with Crippen LogP contribution in [0.1, 0.15) is 19.3 Å². The molecule has 1 N–H and O–H groups in total. The summed E-state index contributed by atoms with van der Waals surface area (Å²) in [7, 11) is 0. The lowest BCUT2D eigenvalue weighted by molar-refractivity contribution is -0.139. The summed E-state index contributed by atoms with van der Waals surface area (Å²) in [6.07, 6.45) is 2.66. The number of likely N-dealkylation sites (tertiary alicyclic amines) is 1. The molecule has 3 saturated heterocycles. The van der Waals surface area contributed by atoms with Crippen LogP contribution >= 0.6 is 12.4 Å².